The van der Waals surface area contributed by atoms with E-state index in [9.17, 15) is 13.6 Å². The Morgan fingerprint density at radius 1 is 1.15 bits per heavy atom. The molecule has 0 saturated carbocycles. The van der Waals surface area contributed by atoms with Gasteiger partial charge in [-0.3, -0.25) is 0 Å². The number of carbonyl (C=O) groups is 1. The van der Waals surface area contributed by atoms with Crippen LogP contribution < -0.4 is 20.5 Å². The van der Waals surface area contributed by atoms with E-state index in [4.69, 9.17) is 15.2 Å². The van der Waals surface area contributed by atoms with E-state index < -0.39 is 12.6 Å². The van der Waals surface area contributed by atoms with Gasteiger partial charge in [-0.25, -0.2) is 4.79 Å². The lowest BCUT2D eigenvalue weighted by molar-refractivity contribution is -0.139. The third-order valence-corrected chi connectivity index (χ3v) is 4.25. The number of esters is 1. The molecule has 33 heavy (non-hydrogen) atoms. The van der Waals surface area contributed by atoms with Gasteiger partial charge in [0.05, 0.1) is 7.11 Å². The second kappa shape index (κ2) is 10.8. The van der Waals surface area contributed by atoms with Crippen LogP contribution in [0.1, 0.15) is 17.0 Å². The van der Waals surface area contributed by atoms with E-state index in [2.05, 4.69) is 25.0 Å². The van der Waals surface area contributed by atoms with Gasteiger partial charge >= 0.3 is 12.6 Å². The number of para-hydroxylation sites is 1. The number of nitrogens with zero attached hydrogens (tertiary/aromatic N) is 3. The van der Waals surface area contributed by atoms with Gasteiger partial charge in [0.15, 0.2) is 23.9 Å². The summed E-state index contributed by atoms with van der Waals surface area (Å²) < 4.78 is 39.4. The van der Waals surface area contributed by atoms with Gasteiger partial charge in [0.2, 0.25) is 11.9 Å². The minimum Gasteiger partial charge on any atom is -0.493 e. The Morgan fingerprint density at radius 3 is 2.67 bits per heavy atom. The number of benzene rings is 2. The Hall–Kier alpha value is -4.28. The molecule has 0 amide bonds. The van der Waals surface area contributed by atoms with Crippen molar-refractivity contribution >= 4 is 29.6 Å². The molecule has 1 aromatic heterocycles. The first kappa shape index (κ1) is 23.4. The lowest BCUT2D eigenvalue weighted by Gasteiger charge is -2.10. The molecule has 9 nitrogen and oxygen atoms in total. The smallest absolute Gasteiger partial charge is 0.387 e. The molecule has 0 aliphatic rings. The maximum Gasteiger partial charge on any atom is 0.387 e. The Kier molecular flexibility index (Phi) is 7.68. The number of alkyl halides is 2. The first-order chi connectivity index (χ1) is 15.8. The van der Waals surface area contributed by atoms with Crippen LogP contribution in [-0.4, -0.2) is 34.6 Å². The highest BCUT2D eigenvalue weighted by Crippen LogP contribution is 2.29. The van der Waals surface area contributed by atoms with E-state index >= 15 is 0 Å². The summed E-state index contributed by atoms with van der Waals surface area (Å²) in [6.45, 7) is -1.29. The lowest BCUT2D eigenvalue weighted by atomic mass is 10.2. The maximum absolute atomic E-state index is 12.4. The molecule has 11 heteroatoms. The second-order valence-corrected chi connectivity index (χ2v) is 6.60. The van der Waals surface area contributed by atoms with Crippen molar-refractivity contribution in [3.8, 4) is 11.5 Å². The highest BCUT2D eigenvalue weighted by atomic mass is 19.3. The van der Waals surface area contributed by atoms with Crippen LogP contribution in [0, 0.1) is 6.92 Å². The molecule has 0 fully saturated rings. The number of rotatable bonds is 9. The van der Waals surface area contributed by atoms with E-state index in [1.54, 1.807) is 0 Å². The van der Waals surface area contributed by atoms with Crippen LogP contribution in [0.5, 0.6) is 11.5 Å². The molecule has 0 radical (unpaired) electrons. The SMILES string of the molecule is COc1cc(/C=C/C(=O)OCc2nc(N)nc(Nc3ccccc3C)n2)ccc1OC(F)F. The summed E-state index contributed by atoms with van der Waals surface area (Å²) in [6, 6.07) is 11.8. The molecular weight excluding hydrogens is 436 g/mol. The highest BCUT2D eigenvalue weighted by Gasteiger charge is 2.11. The van der Waals surface area contributed by atoms with Crippen molar-refractivity contribution in [1.82, 2.24) is 15.0 Å². The van der Waals surface area contributed by atoms with Crippen molar-refractivity contribution in [2.75, 3.05) is 18.2 Å². The van der Waals surface area contributed by atoms with E-state index in [-0.39, 0.29) is 35.8 Å². The molecular formula is C22H21F2N5O4. The number of ether oxygens (including phenoxy) is 3. The Labute approximate surface area is 188 Å². The van der Waals surface area contributed by atoms with Gasteiger partial charge in [-0.1, -0.05) is 24.3 Å². The van der Waals surface area contributed by atoms with Gasteiger partial charge in [-0.2, -0.15) is 23.7 Å². The molecule has 2 aromatic carbocycles. The number of aryl methyl sites for hydroxylation is 1. The number of nitrogens with two attached hydrogens (primary N) is 1. The number of hydrogen-bond donors (Lipinski definition) is 2. The first-order valence-corrected chi connectivity index (χ1v) is 9.65. The van der Waals surface area contributed by atoms with Gasteiger partial charge < -0.3 is 25.3 Å². The third-order valence-electron chi connectivity index (χ3n) is 4.25. The number of nitrogens with one attached hydrogen (secondary N) is 1. The Morgan fingerprint density at radius 2 is 1.94 bits per heavy atom. The number of halogens is 2. The summed E-state index contributed by atoms with van der Waals surface area (Å²) in [5, 5.41) is 3.05. The average molecular weight is 457 g/mol. The van der Waals surface area contributed by atoms with E-state index in [0.29, 0.717) is 5.56 Å². The number of methoxy groups -OCH3 is 1. The molecule has 3 rings (SSSR count). The van der Waals surface area contributed by atoms with E-state index in [1.165, 1.54) is 37.5 Å². The van der Waals surface area contributed by atoms with Gasteiger partial charge in [0.1, 0.15) is 0 Å². The number of anilines is 3. The second-order valence-electron chi connectivity index (χ2n) is 6.60. The lowest BCUT2D eigenvalue weighted by Crippen LogP contribution is -2.10. The van der Waals surface area contributed by atoms with Crippen LogP contribution in [0.2, 0.25) is 0 Å². The van der Waals surface area contributed by atoms with E-state index in [1.807, 2.05) is 31.2 Å². The van der Waals surface area contributed by atoms with Crippen LogP contribution in [0.4, 0.5) is 26.4 Å². The van der Waals surface area contributed by atoms with Crippen molar-refractivity contribution < 1.29 is 27.8 Å². The van der Waals surface area contributed by atoms with Crippen LogP contribution >= 0.6 is 0 Å². The molecule has 3 N–H and O–H groups in total. The summed E-state index contributed by atoms with van der Waals surface area (Å²) in [4.78, 5) is 24.3. The average Bonchev–Trinajstić information content (AvgIpc) is 2.78. The summed E-state index contributed by atoms with van der Waals surface area (Å²) in [5.74, 6) is -0.336. The zero-order chi connectivity index (χ0) is 23.8. The molecule has 1 heterocycles. The minimum absolute atomic E-state index is 0.0270. The number of nitrogen functional groups attached to an aromatic ring is 1. The molecule has 0 saturated heterocycles. The summed E-state index contributed by atoms with van der Waals surface area (Å²) in [5.41, 5.74) is 8.04. The maximum atomic E-state index is 12.4. The van der Waals surface area contributed by atoms with Crippen LogP contribution in [0.15, 0.2) is 48.5 Å². The largest absolute Gasteiger partial charge is 0.493 e. The fourth-order valence-corrected chi connectivity index (χ4v) is 2.72. The normalized spacial score (nSPS) is 10.9. The van der Waals surface area contributed by atoms with Gasteiger partial charge in [0.25, 0.3) is 0 Å². The molecule has 0 spiro atoms. The first-order valence-electron chi connectivity index (χ1n) is 9.65. The van der Waals surface area contributed by atoms with Crippen molar-refractivity contribution in [1.29, 1.82) is 0 Å². The van der Waals surface area contributed by atoms with Crippen molar-refractivity contribution in [3.63, 3.8) is 0 Å². The minimum atomic E-state index is -2.98. The molecule has 172 valence electrons. The van der Waals surface area contributed by atoms with Crippen molar-refractivity contribution in [2.24, 2.45) is 0 Å². The summed E-state index contributed by atoms with van der Waals surface area (Å²) in [7, 11) is 1.32. The quantitative estimate of drug-likeness (QED) is 0.364. The summed E-state index contributed by atoms with van der Waals surface area (Å²) >= 11 is 0. The molecule has 0 aliphatic heterocycles. The zero-order valence-corrected chi connectivity index (χ0v) is 17.8. The number of aromatic nitrogens is 3. The molecule has 3 aromatic rings. The van der Waals surface area contributed by atoms with Gasteiger partial charge in [0, 0.05) is 11.8 Å². The fraction of sp³-hybridized carbons (Fsp3) is 0.182. The molecule has 0 bridgehead atoms. The highest BCUT2D eigenvalue weighted by molar-refractivity contribution is 5.87. The Balaban J connectivity index is 1.62. The Bertz CT molecular complexity index is 1160. The summed E-state index contributed by atoms with van der Waals surface area (Å²) in [6.07, 6.45) is 2.60. The fourth-order valence-electron chi connectivity index (χ4n) is 2.72. The molecule has 0 unspecified atom stereocenters. The molecule has 0 atom stereocenters. The van der Waals surface area contributed by atoms with Gasteiger partial charge in [-0.05, 0) is 42.3 Å². The molecule has 0 aliphatic carbocycles. The van der Waals surface area contributed by atoms with Crippen molar-refractivity contribution in [2.45, 2.75) is 20.1 Å². The van der Waals surface area contributed by atoms with Crippen LogP contribution in [0.3, 0.4) is 0 Å². The number of hydrogen-bond acceptors (Lipinski definition) is 9. The zero-order valence-electron chi connectivity index (χ0n) is 17.8. The predicted octanol–water partition coefficient (Wildman–Crippen LogP) is 3.87. The third kappa shape index (κ3) is 6.86. The topological polar surface area (TPSA) is 121 Å². The van der Waals surface area contributed by atoms with E-state index in [0.717, 1.165) is 11.3 Å². The van der Waals surface area contributed by atoms with Crippen molar-refractivity contribution in [3.05, 3.63) is 65.5 Å². The van der Waals surface area contributed by atoms with Crippen LogP contribution in [0.25, 0.3) is 6.08 Å². The van der Waals surface area contributed by atoms with Gasteiger partial charge in [-0.15, -0.1) is 0 Å². The number of carbonyl (C=O) groups excluding carboxylic acids is 1. The van der Waals surface area contributed by atoms with Crippen LogP contribution in [-0.2, 0) is 16.1 Å². The predicted molar refractivity (Wildman–Crippen MR) is 117 cm³/mol. The monoisotopic (exact) mass is 457 g/mol. The standard InChI is InChI=1S/C22H21F2N5O4/c1-13-5-3-4-6-15(13)26-22-28-18(27-21(25)29-22)12-32-19(30)10-8-14-7-9-16(33-20(23)24)17(11-14)31-2/h3-11,20H,12H2,1-2H3,(H3,25,26,27,28,29)/b10-8+.